The zero-order valence-corrected chi connectivity index (χ0v) is 13.9. The first-order valence-electron chi connectivity index (χ1n) is 7.04. The molecule has 2 aromatic rings. The SMILES string of the molecule is Cc1ccc(N2CCN(c3ccc(I)cc3)CC2)cc1. The predicted octanol–water partition coefficient (Wildman–Crippen LogP) is 3.93. The topological polar surface area (TPSA) is 6.48 Å². The summed E-state index contributed by atoms with van der Waals surface area (Å²) in [5.74, 6) is 0. The van der Waals surface area contributed by atoms with Crippen LogP contribution in [0.15, 0.2) is 48.5 Å². The Kier molecular flexibility index (Phi) is 4.15. The molecule has 1 aliphatic rings. The van der Waals surface area contributed by atoms with Crippen molar-refractivity contribution in [3.63, 3.8) is 0 Å². The summed E-state index contributed by atoms with van der Waals surface area (Å²) in [6.07, 6.45) is 0. The smallest absolute Gasteiger partial charge is 0.0368 e. The Hall–Kier alpha value is -1.23. The number of halogens is 1. The lowest BCUT2D eigenvalue weighted by molar-refractivity contribution is 0.653. The monoisotopic (exact) mass is 378 g/mol. The van der Waals surface area contributed by atoms with Crippen molar-refractivity contribution in [1.82, 2.24) is 0 Å². The number of nitrogens with zero attached hydrogens (tertiary/aromatic N) is 2. The Morgan fingerprint density at radius 1 is 0.700 bits per heavy atom. The number of rotatable bonds is 2. The van der Waals surface area contributed by atoms with Crippen LogP contribution in [0.3, 0.4) is 0 Å². The molecule has 0 amide bonds. The second kappa shape index (κ2) is 6.04. The van der Waals surface area contributed by atoms with Crippen LogP contribution in [0.25, 0.3) is 0 Å². The lowest BCUT2D eigenvalue weighted by atomic mass is 10.2. The van der Waals surface area contributed by atoms with Crippen LogP contribution in [0.4, 0.5) is 11.4 Å². The molecule has 1 aliphatic heterocycles. The minimum absolute atomic E-state index is 1.09. The summed E-state index contributed by atoms with van der Waals surface area (Å²) < 4.78 is 1.30. The number of anilines is 2. The van der Waals surface area contributed by atoms with Crippen LogP contribution in [-0.4, -0.2) is 26.2 Å². The fourth-order valence-electron chi connectivity index (χ4n) is 2.63. The van der Waals surface area contributed by atoms with Crippen LogP contribution < -0.4 is 9.80 Å². The molecular formula is C17H19IN2. The number of hydrogen-bond acceptors (Lipinski definition) is 2. The fourth-order valence-corrected chi connectivity index (χ4v) is 2.99. The summed E-state index contributed by atoms with van der Waals surface area (Å²) >= 11 is 2.35. The van der Waals surface area contributed by atoms with Crippen LogP contribution in [0.5, 0.6) is 0 Å². The number of aryl methyl sites for hydroxylation is 1. The van der Waals surface area contributed by atoms with E-state index in [1.54, 1.807) is 0 Å². The van der Waals surface area contributed by atoms with Gasteiger partial charge in [0.25, 0.3) is 0 Å². The second-order valence-corrected chi connectivity index (χ2v) is 6.53. The van der Waals surface area contributed by atoms with Gasteiger partial charge >= 0.3 is 0 Å². The molecule has 1 heterocycles. The van der Waals surface area contributed by atoms with E-state index in [9.17, 15) is 0 Å². The summed E-state index contributed by atoms with van der Waals surface area (Å²) in [6, 6.07) is 17.7. The van der Waals surface area contributed by atoms with Crippen molar-refractivity contribution >= 4 is 34.0 Å². The molecule has 0 unspecified atom stereocenters. The molecular weight excluding hydrogens is 359 g/mol. The molecule has 0 saturated carbocycles. The van der Waals surface area contributed by atoms with Crippen molar-refractivity contribution in [2.24, 2.45) is 0 Å². The van der Waals surface area contributed by atoms with Gasteiger partial charge in [-0.15, -0.1) is 0 Å². The minimum atomic E-state index is 1.09. The highest BCUT2D eigenvalue weighted by Crippen LogP contribution is 2.21. The van der Waals surface area contributed by atoms with Crippen LogP contribution in [-0.2, 0) is 0 Å². The molecule has 3 rings (SSSR count). The molecule has 1 fully saturated rings. The molecule has 2 nitrogen and oxygen atoms in total. The Morgan fingerprint density at radius 3 is 1.55 bits per heavy atom. The molecule has 0 bridgehead atoms. The Labute approximate surface area is 134 Å². The lowest BCUT2D eigenvalue weighted by Crippen LogP contribution is -2.46. The molecule has 0 aromatic heterocycles. The predicted molar refractivity (Wildman–Crippen MR) is 94.8 cm³/mol. The van der Waals surface area contributed by atoms with Crippen molar-refractivity contribution < 1.29 is 0 Å². The molecule has 0 atom stereocenters. The summed E-state index contributed by atoms with van der Waals surface area (Å²) in [5.41, 5.74) is 4.01. The van der Waals surface area contributed by atoms with Gasteiger partial charge in [-0.1, -0.05) is 17.7 Å². The molecule has 2 aromatic carbocycles. The van der Waals surface area contributed by atoms with Crippen molar-refractivity contribution in [2.45, 2.75) is 6.92 Å². The third-order valence-corrected chi connectivity index (χ3v) is 4.59. The summed E-state index contributed by atoms with van der Waals surface area (Å²) in [4.78, 5) is 4.95. The van der Waals surface area contributed by atoms with E-state index in [1.807, 2.05) is 0 Å². The molecule has 0 spiro atoms. The summed E-state index contributed by atoms with van der Waals surface area (Å²) in [7, 11) is 0. The Balaban J connectivity index is 1.64. The van der Waals surface area contributed by atoms with Crippen molar-refractivity contribution in [3.8, 4) is 0 Å². The molecule has 0 aliphatic carbocycles. The van der Waals surface area contributed by atoms with E-state index in [1.165, 1.54) is 20.5 Å². The Bertz CT molecular complexity index is 501. The highest BCUT2D eigenvalue weighted by Gasteiger charge is 2.17. The molecule has 0 N–H and O–H groups in total. The summed E-state index contributed by atoms with van der Waals surface area (Å²) in [5, 5.41) is 0. The van der Waals surface area contributed by atoms with Gasteiger partial charge in [0.1, 0.15) is 0 Å². The normalized spacial score (nSPS) is 15.5. The van der Waals surface area contributed by atoms with Gasteiger partial charge in [-0.2, -0.15) is 0 Å². The van der Waals surface area contributed by atoms with Crippen LogP contribution >= 0.6 is 22.6 Å². The van der Waals surface area contributed by atoms with Gasteiger partial charge in [-0.05, 0) is 65.9 Å². The van der Waals surface area contributed by atoms with E-state index in [4.69, 9.17) is 0 Å². The van der Waals surface area contributed by atoms with Crippen molar-refractivity contribution in [1.29, 1.82) is 0 Å². The second-order valence-electron chi connectivity index (χ2n) is 5.29. The van der Waals surface area contributed by atoms with Crippen LogP contribution in [0, 0.1) is 10.5 Å². The van der Waals surface area contributed by atoms with Crippen LogP contribution in [0.1, 0.15) is 5.56 Å². The third kappa shape index (κ3) is 3.08. The van der Waals surface area contributed by atoms with Gasteiger partial charge in [-0.25, -0.2) is 0 Å². The maximum absolute atomic E-state index is 2.47. The van der Waals surface area contributed by atoms with Crippen molar-refractivity contribution in [2.75, 3.05) is 36.0 Å². The third-order valence-electron chi connectivity index (χ3n) is 3.87. The van der Waals surface area contributed by atoms with Gasteiger partial charge in [0.05, 0.1) is 0 Å². The molecule has 3 heteroatoms. The minimum Gasteiger partial charge on any atom is -0.368 e. The van der Waals surface area contributed by atoms with Gasteiger partial charge in [0, 0.05) is 41.1 Å². The van der Waals surface area contributed by atoms with Gasteiger partial charge < -0.3 is 9.80 Å². The average molecular weight is 378 g/mol. The van der Waals surface area contributed by atoms with E-state index < -0.39 is 0 Å². The first-order chi connectivity index (χ1) is 9.72. The number of hydrogen-bond donors (Lipinski definition) is 0. The standard InChI is InChI=1S/C17H19IN2/c1-14-2-6-16(7-3-14)19-10-12-20(13-11-19)17-8-4-15(18)5-9-17/h2-9H,10-13H2,1H3. The van der Waals surface area contributed by atoms with E-state index in [-0.39, 0.29) is 0 Å². The van der Waals surface area contributed by atoms with E-state index >= 15 is 0 Å². The maximum Gasteiger partial charge on any atom is 0.0368 e. The highest BCUT2D eigenvalue weighted by atomic mass is 127. The molecule has 20 heavy (non-hydrogen) atoms. The zero-order chi connectivity index (χ0) is 13.9. The molecule has 1 saturated heterocycles. The average Bonchev–Trinajstić information content (AvgIpc) is 2.49. The quantitative estimate of drug-likeness (QED) is 0.731. The first-order valence-corrected chi connectivity index (χ1v) is 8.12. The van der Waals surface area contributed by atoms with Gasteiger partial charge in [0.2, 0.25) is 0 Å². The number of benzene rings is 2. The van der Waals surface area contributed by atoms with Gasteiger partial charge in [-0.3, -0.25) is 0 Å². The summed E-state index contributed by atoms with van der Waals surface area (Å²) in [6.45, 7) is 6.51. The molecule has 104 valence electrons. The zero-order valence-electron chi connectivity index (χ0n) is 11.7. The Morgan fingerprint density at radius 2 is 1.10 bits per heavy atom. The number of piperazine rings is 1. The van der Waals surface area contributed by atoms with E-state index in [0.29, 0.717) is 0 Å². The van der Waals surface area contributed by atoms with Crippen molar-refractivity contribution in [3.05, 3.63) is 57.7 Å². The van der Waals surface area contributed by atoms with Crippen LogP contribution in [0.2, 0.25) is 0 Å². The van der Waals surface area contributed by atoms with E-state index in [0.717, 1.165) is 26.2 Å². The largest absolute Gasteiger partial charge is 0.368 e. The lowest BCUT2D eigenvalue weighted by Gasteiger charge is -2.37. The maximum atomic E-state index is 2.47. The fraction of sp³-hybridized carbons (Fsp3) is 0.294. The first kappa shape index (κ1) is 13.7. The highest BCUT2D eigenvalue weighted by molar-refractivity contribution is 14.1. The molecule has 0 radical (unpaired) electrons. The van der Waals surface area contributed by atoms with Gasteiger partial charge in [0.15, 0.2) is 0 Å². The van der Waals surface area contributed by atoms with E-state index in [2.05, 4.69) is 87.8 Å².